The van der Waals surface area contributed by atoms with Gasteiger partial charge in [-0.05, 0) is 30.7 Å². The van der Waals surface area contributed by atoms with Crippen LogP contribution in [0.5, 0.6) is 0 Å². The Morgan fingerprint density at radius 3 is 2.43 bits per heavy atom. The minimum absolute atomic E-state index is 0.0328. The van der Waals surface area contributed by atoms with Crippen LogP contribution in [-0.4, -0.2) is 10.7 Å². The molecule has 1 heterocycles. The van der Waals surface area contributed by atoms with Crippen LogP contribution in [0, 0.1) is 11.8 Å². The maximum absolute atomic E-state index is 13.2. The number of hydrogen-bond donors (Lipinski definition) is 1. The maximum atomic E-state index is 13.2. The Labute approximate surface area is 132 Å². The van der Waals surface area contributed by atoms with Crippen molar-refractivity contribution < 1.29 is 13.2 Å². The Kier molecular flexibility index (Phi) is 3.86. The van der Waals surface area contributed by atoms with Crippen molar-refractivity contribution in [2.24, 2.45) is 11.8 Å². The van der Waals surface area contributed by atoms with E-state index in [9.17, 15) is 18.0 Å². The first-order valence-corrected chi connectivity index (χ1v) is 7.77. The van der Waals surface area contributed by atoms with E-state index in [4.69, 9.17) is 0 Å². The predicted octanol–water partition coefficient (Wildman–Crippen LogP) is 4.00. The standard InChI is InChI=1S/C17H19F3N2O/c1-10(2)16(11-7-8-11)21-22-14-6-4-3-5-12(14)13(9-15(22)23)17(18,19)20/h3-6,9-11,16,21H,7-8H2,1-2H3. The molecule has 1 aliphatic carbocycles. The Hall–Kier alpha value is -1.98. The van der Waals surface area contributed by atoms with Crippen molar-refractivity contribution in [3.05, 3.63) is 46.2 Å². The highest BCUT2D eigenvalue weighted by atomic mass is 19.4. The lowest BCUT2D eigenvalue weighted by atomic mass is 10.0. The Morgan fingerprint density at radius 1 is 1.22 bits per heavy atom. The van der Waals surface area contributed by atoms with Crippen LogP contribution < -0.4 is 11.0 Å². The van der Waals surface area contributed by atoms with Gasteiger partial charge in [-0.25, -0.2) is 4.68 Å². The second-order valence-corrected chi connectivity index (χ2v) is 6.48. The second kappa shape index (κ2) is 5.58. The van der Waals surface area contributed by atoms with E-state index in [0.717, 1.165) is 12.8 Å². The van der Waals surface area contributed by atoms with Crippen molar-refractivity contribution >= 4 is 10.9 Å². The van der Waals surface area contributed by atoms with E-state index >= 15 is 0 Å². The van der Waals surface area contributed by atoms with Gasteiger partial charge in [-0.15, -0.1) is 0 Å². The third-order valence-corrected chi connectivity index (χ3v) is 4.36. The van der Waals surface area contributed by atoms with Gasteiger partial charge < -0.3 is 5.43 Å². The van der Waals surface area contributed by atoms with E-state index in [0.29, 0.717) is 12.0 Å². The molecule has 1 N–H and O–H groups in total. The summed E-state index contributed by atoms with van der Waals surface area (Å²) in [5, 5.41) is 0.0328. The van der Waals surface area contributed by atoms with Gasteiger partial charge in [-0.2, -0.15) is 13.2 Å². The van der Waals surface area contributed by atoms with Crippen LogP contribution in [0.25, 0.3) is 10.9 Å². The topological polar surface area (TPSA) is 34.0 Å². The van der Waals surface area contributed by atoms with Gasteiger partial charge in [0.2, 0.25) is 0 Å². The molecule has 124 valence electrons. The Balaban J connectivity index is 2.14. The van der Waals surface area contributed by atoms with Crippen molar-refractivity contribution in [1.82, 2.24) is 4.68 Å². The molecular formula is C17H19F3N2O. The first-order valence-electron chi connectivity index (χ1n) is 7.77. The SMILES string of the molecule is CC(C)C(Nn1c(=O)cc(C(F)(F)F)c2ccccc21)C1CC1. The number of fused-ring (bicyclic) bond motifs is 1. The smallest absolute Gasteiger partial charge is 0.319 e. The van der Waals surface area contributed by atoms with Crippen LogP contribution in [0.4, 0.5) is 13.2 Å². The zero-order valence-electron chi connectivity index (χ0n) is 13.0. The number of rotatable bonds is 4. The highest BCUT2D eigenvalue weighted by Gasteiger charge is 2.36. The molecule has 1 aliphatic rings. The molecule has 0 spiro atoms. The maximum Gasteiger partial charge on any atom is 0.417 e. The number of aromatic nitrogens is 1. The molecule has 2 aromatic rings. The van der Waals surface area contributed by atoms with Gasteiger partial charge in [0.25, 0.3) is 5.56 Å². The summed E-state index contributed by atoms with van der Waals surface area (Å²) in [7, 11) is 0. The van der Waals surface area contributed by atoms with Crippen LogP contribution in [-0.2, 0) is 6.18 Å². The molecule has 1 saturated carbocycles. The van der Waals surface area contributed by atoms with Gasteiger partial charge in [0, 0.05) is 17.5 Å². The number of nitrogens with zero attached hydrogens (tertiary/aromatic N) is 1. The zero-order valence-corrected chi connectivity index (χ0v) is 13.0. The fraction of sp³-hybridized carbons (Fsp3) is 0.471. The Morgan fingerprint density at radius 2 is 1.87 bits per heavy atom. The zero-order chi connectivity index (χ0) is 16.8. The number of hydrogen-bond acceptors (Lipinski definition) is 2. The van der Waals surface area contributed by atoms with Crippen molar-refractivity contribution in [2.75, 3.05) is 5.43 Å². The van der Waals surface area contributed by atoms with E-state index in [2.05, 4.69) is 5.43 Å². The Bertz CT molecular complexity index is 773. The lowest BCUT2D eigenvalue weighted by molar-refractivity contribution is -0.136. The quantitative estimate of drug-likeness (QED) is 0.922. The summed E-state index contributed by atoms with van der Waals surface area (Å²) in [5.41, 5.74) is 1.87. The summed E-state index contributed by atoms with van der Waals surface area (Å²) in [6, 6.07) is 6.89. The fourth-order valence-electron chi connectivity index (χ4n) is 3.05. The van der Waals surface area contributed by atoms with Crippen molar-refractivity contribution in [1.29, 1.82) is 0 Å². The third kappa shape index (κ3) is 3.07. The summed E-state index contributed by atoms with van der Waals surface area (Å²) in [6.45, 7) is 4.10. The van der Waals surface area contributed by atoms with Crippen molar-refractivity contribution in [2.45, 2.75) is 38.9 Å². The van der Waals surface area contributed by atoms with Gasteiger partial charge in [0.1, 0.15) is 0 Å². The van der Waals surface area contributed by atoms with Gasteiger partial charge in [0.15, 0.2) is 0 Å². The normalized spacial score (nSPS) is 16.8. The van der Waals surface area contributed by atoms with E-state index in [-0.39, 0.29) is 22.9 Å². The summed E-state index contributed by atoms with van der Waals surface area (Å²) in [5.74, 6) is 0.762. The van der Waals surface area contributed by atoms with Gasteiger partial charge in [-0.1, -0.05) is 32.0 Å². The van der Waals surface area contributed by atoms with Crippen LogP contribution in [0.15, 0.2) is 35.1 Å². The van der Waals surface area contributed by atoms with Crippen LogP contribution in [0.2, 0.25) is 0 Å². The van der Waals surface area contributed by atoms with Crippen LogP contribution >= 0.6 is 0 Å². The van der Waals surface area contributed by atoms with E-state index < -0.39 is 17.3 Å². The highest BCUT2D eigenvalue weighted by Crippen LogP contribution is 2.37. The van der Waals surface area contributed by atoms with Crippen molar-refractivity contribution in [3.8, 4) is 0 Å². The lowest BCUT2D eigenvalue weighted by Gasteiger charge is -2.26. The average molecular weight is 324 g/mol. The van der Waals surface area contributed by atoms with E-state index in [1.807, 2.05) is 13.8 Å². The molecule has 1 unspecified atom stereocenters. The summed E-state index contributed by atoms with van der Waals surface area (Å²) in [4.78, 5) is 12.3. The monoisotopic (exact) mass is 324 g/mol. The van der Waals surface area contributed by atoms with Crippen LogP contribution in [0.1, 0.15) is 32.3 Å². The number of nitrogens with one attached hydrogen (secondary N) is 1. The summed E-state index contributed by atoms with van der Waals surface area (Å²) < 4.78 is 40.8. The molecule has 1 aromatic carbocycles. The molecule has 0 saturated heterocycles. The van der Waals surface area contributed by atoms with Crippen LogP contribution in [0.3, 0.4) is 0 Å². The van der Waals surface area contributed by atoms with E-state index in [1.54, 1.807) is 18.2 Å². The fourth-order valence-corrected chi connectivity index (χ4v) is 3.05. The molecule has 3 rings (SSSR count). The second-order valence-electron chi connectivity index (χ2n) is 6.48. The largest absolute Gasteiger partial charge is 0.417 e. The van der Waals surface area contributed by atoms with Gasteiger partial charge in [0.05, 0.1) is 11.1 Å². The molecule has 0 radical (unpaired) electrons. The van der Waals surface area contributed by atoms with Crippen molar-refractivity contribution in [3.63, 3.8) is 0 Å². The first kappa shape index (κ1) is 15.9. The highest BCUT2D eigenvalue weighted by molar-refractivity contribution is 5.83. The van der Waals surface area contributed by atoms with E-state index in [1.165, 1.54) is 10.7 Å². The molecule has 0 aliphatic heterocycles. The third-order valence-electron chi connectivity index (χ3n) is 4.36. The molecule has 1 aromatic heterocycles. The summed E-state index contributed by atoms with van der Waals surface area (Å²) in [6.07, 6.45) is -2.38. The average Bonchev–Trinajstić information content (AvgIpc) is 3.28. The minimum atomic E-state index is -4.55. The molecule has 6 heteroatoms. The molecular weight excluding hydrogens is 305 g/mol. The lowest BCUT2D eigenvalue weighted by Crippen LogP contribution is -2.40. The summed E-state index contributed by atoms with van der Waals surface area (Å²) >= 11 is 0. The molecule has 0 amide bonds. The molecule has 1 atom stereocenters. The molecule has 3 nitrogen and oxygen atoms in total. The number of halogens is 3. The number of benzene rings is 1. The minimum Gasteiger partial charge on any atom is -0.319 e. The molecule has 23 heavy (non-hydrogen) atoms. The number of alkyl halides is 3. The first-order chi connectivity index (χ1) is 10.8. The number of para-hydroxylation sites is 1. The molecule has 1 fully saturated rings. The van der Waals surface area contributed by atoms with Gasteiger partial charge in [-0.3, -0.25) is 4.79 Å². The molecule has 0 bridgehead atoms. The number of pyridine rings is 1. The predicted molar refractivity (Wildman–Crippen MR) is 83.9 cm³/mol. The van der Waals surface area contributed by atoms with Gasteiger partial charge >= 0.3 is 6.18 Å².